The number of hydrogen-bond donors (Lipinski definition) is 1. The number of nitrogens with two attached hydrogens (primary N) is 1. The maximum absolute atomic E-state index is 5.74. The van der Waals surface area contributed by atoms with Gasteiger partial charge >= 0.3 is 0 Å². The van der Waals surface area contributed by atoms with Crippen LogP contribution in [0.1, 0.15) is 31.7 Å². The smallest absolute Gasteiger partial charge is 0.00459 e. The van der Waals surface area contributed by atoms with Gasteiger partial charge in [0, 0.05) is 0 Å². The summed E-state index contributed by atoms with van der Waals surface area (Å²) in [4.78, 5) is 0. The Hall–Kier alpha value is -0.820. The van der Waals surface area contributed by atoms with Crippen LogP contribution in [0.25, 0.3) is 0 Å². The predicted octanol–water partition coefficient (Wildman–Crippen LogP) is 3.02. The summed E-state index contributed by atoms with van der Waals surface area (Å²) in [5.41, 5.74) is 7.23. The molecule has 1 fully saturated rings. The third-order valence-corrected chi connectivity index (χ3v) is 3.64. The number of hydrogen-bond acceptors (Lipinski definition) is 1. The first-order valence-electron chi connectivity index (χ1n) is 5.99. The molecule has 0 radical (unpaired) electrons. The molecule has 2 N–H and O–H groups in total. The molecule has 1 aromatic carbocycles. The summed E-state index contributed by atoms with van der Waals surface area (Å²) in [6.45, 7) is 5.51. The summed E-state index contributed by atoms with van der Waals surface area (Å²) >= 11 is 0. The van der Waals surface area contributed by atoms with E-state index >= 15 is 0 Å². The molecule has 15 heavy (non-hydrogen) atoms. The third kappa shape index (κ3) is 2.23. The van der Waals surface area contributed by atoms with Crippen molar-refractivity contribution in [2.75, 3.05) is 6.54 Å². The Morgan fingerprint density at radius 3 is 2.40 bits per heavy atom. The summed E-state index contributed by atoms with van der Waals surface area (Å²) in [5.74, 6) is 3.03. The van der Waals surface area contributed by atoms with E-state index in [1.807, 2.05) is 0 Å². The Bertz CT molecular complexity index is 304. The van der Waals surface area contributed by atoms with Gasteiger partial charge in [-0.2, -0.15) is 0 Å². The first-order chi connectivity index (χ1) is 7.24. The molecule has 1 aromatic rings. The van der Waals surface area contributed by atoms with Gasteiger partial charge in [0.15, 0.2) is 0 Å². The fourth-order valence-corrected chi connectivity index (χ4v) is 2.78. The van der Waals surface area contributed by atoms with E-state index in [0.717, 1.165) is 18.4 Å². The topological polar surface area (TPSA) is 26.0 Å². The Kier molecular flexibility index (Phi) is 3.11. The highest BCUT2D eigenvalue weighted by molar-refractivity contribution is 5.23. The lowest BCUT2D eigenvalue weighted by molar-refractivity contribution is 0.430. The lowest BCUT2D eigenvalue weighted by Crippen LogP contribution is -2.13. The van der Waals surface area contributed by atoms with Crippen molar-refractivity contribution in [2.45, 2.75) is 26.2 Å². The van der Waals surface area contributed by atoms with Crippen LogP contribution in [0.2, 0.25) is 0 Å². The monoisotopic (exact) mass is 203 g/mol. The zero-order chi connectivity index (χ0) is 10.8. The fourth-order valence-electron chi connectivity index (χ4n) is 2.78. The predicted molar refractivity (Wildman–Crippen MR) is 64.7 cm³/mol. The average Bonchev–Trinajstić information content (AvgIpc) is 2.98. The molecule has 1 saturated carbocycles. The molecular weight excluding hydrogens is 182 g/mol. The van der Waals surface area contributed by atoms with Gasteiger partial charge in [-0.1, -0.05) is 44.2 Å². The van der Waals surface area contributed by atoms with E-state index in [4.69, 9.17) is 5.73 Å². The number of rotatable bonds is 4. The molecular formula is C14H21N. The molecule has 1 aliphatic rings. The molecule has 1 aliphatic carbocycles. The summed E-state index contributed by atoms with van der Waals surface area (Å²) in [5, 5.41) is 0. The molecule has 0 heterocycles. The molecule has 1 heteroatoms. The summed E-state index contributed by atoms with van der Waals surface area (Å²) < 4.78 is 0. The van der Waals surface area contributed by atoms with Crippen molar-refractivity contribution in [1.82, 2.24) is 0 Å². The Morgan fingerprint density at radius 2 is 1.93 bits per heavy atom. The van der Waals surface area contributed by atoms with Gasteiger partial charge in [-0.05, 0) is 42.2 Å². The first-order valence-corrected chi connectivity index (χ1v) is 5.99. The minimum Gasteiger partial charge on any atom is -0.330 e. The summed E-state index contributed by atoms with van der Waals surface area (Å²) in [6.07, 6.45) is 1.33. The lowest BCUT2D eigenvalue weighted by atomic mass is 9.83. The molecule has 0 saturated heterocycles. The molecule has 1 unspecified atom stereocenters. The second-order valence-electron chi connectivity index (χ2n) is 5.08. The van der Waals surface area contributed by atoms with E-state index < -0.39 is 0 Å². The molecule has 82 valence electrons. The summed E-state index contributed by atoms with van der Waals surface area (Å²) in [7, 11) is 0. The Morgan fingerprint density at radius 1 is 1.27 bits per heavy atom. The van der Waals surface area contributed by atoms with Crippen LogP contribution in [-0.2, 0) is 0 Å². The van der Waals surface area contributed by atoms with Gasteiger partial charge < -0.3 is 5.73 Å². The van der Waals surface area contributed by atoms with Gasteiger partial charge in [0.25, 0.3) is 0 Å². The van der Waals surface area contributed by atoms with Crippen LogP contribution >= 0.6 is 0 Å². The highest BCUT2D eigenvalue weighted by Crippen LogP contribution is 2.50. The van der Waals surface area contributed by atoms with E-state index in [-0.39, 0.29) is 0 Å². The highest BCUT2D eigenvalue weighted by atomic mass is 14.6. The molecule has 0 bridgehead atoms. The van der Waals surface area contributed by atoms with E-state index in [1.54, 1.807) is 0 Å². The molecule has 3 atom stereocenters. The van der Waals surface area contributed by atoms with Gasteiger partial charge in [0.1, 0.15) is 0 Å². The fraction of sp³-hybridized carbons (Fsp3) is 0.571. The van der Waals surface area contributed by atoms with Gasteiger partial charge in [-0.3, -0.25) is 0 Å². The van der Waals surface area contributed by atoms with Crippen LogP contribution in [0.4, 0.5) is 0 Å². The molecule has 0 amide bonds. The molecule has 0 aliphatic heterocycles. The number of benzene rings is 1. The van der Waals surface area contributed by atoms with Crippen LogP contribution in [0.5, 0.6) is 0 Å². The second-order valence-corrected chi connectivity index (χ2v) is 5.08. The third-order valence-electron chi connectivity index (χ3n) is 3.64. The zero-order valence-electron chi connectivity index (χ0n) is 9.69. The SMILES string of the molecule is CC(C)C(c1ccccc1)[C@@H]1C[C@H]1CN. The molecule has 1 nitrogen and oxygen atoms in total. The lowest BCUT2D eigenvalue weighted by Gasteiger charge is -2.21. The quantitative estimate of drug-likeness (QED) is 0.799. The van der Waals surface area contributed by atoms with Crippen LogP contribution < -0.4 is 5.73 Å². The van der Waals surface area contributed by atoms with Crippen molar-refractivity contribution >= 4 is 0 Å². The summed E-state index contributed by atoms with van der Waals surface area (Å²) in [6, 6.07) is 10.9. The Labute approximate surface area is 92.7 Å². The van der Waals surface area contributed by atoms with Crippen LogP contribution in [0.3, 0.4) is 0 Å². The Balaban J connectivity index is 2.15. The van der Waals surface area contributed by atoms with Crippen molar-refractivity contribution < 1.29 is 0 Å². The average molecular weight is 203 g/mol. The first kappa shape index (κ1) is 10.7. The maximum Gasteiger partial charge on any atom is -0.00459 e. The zero-order valence-corrected chi connectivity index (χ0v) is 9.69. The molecule has 0 spiro atoms. The van der Waals surface area contributed by atoms with E-state index in [9.17, 15) is 0 Å². The van der Waals surface area contributed by atoms with E-state index in [1.165, 1.54) is 12.0 Å². The van der Waals surface area contributed by atoms with Crippen molar-refractivity contribution in [3.63, 3.8) is 0 Å². The minimum absolute atomic E-state index is 0.708. The maximum atomic E-state index is 5.74. The van der Waals surface area contributed by atoms with Crippen LogP contribution in [-0.4, -0.2) is 6.54 Å². The molecule has 2 rings (SSSR count). The van der Waals surface area contributed by atoms with Crippen molar-refractivity contribution in [3.8, 4) is 0 Å². The second kappa shape index (κ2) is 4.36. The van der Waals surface area contributed by atoms with Crippen molar-refractivity contribution in [3.05, 3.63) is 35.9 Å². The normalized spacial score (nSPS) is 26.7. The van der Waals surface area contributed by atoms with Crippen molar-refractivity contribution in [2.24, 2.45) is 23.5 Å². The van der Waals surface area contributed by atoms with Crippen LogP contribution in [0, 0.1) is 17.8 Å². The standard InChI is InChI=1S/C14H21N/c1-10(2)14(13-8-12(13)9-15)11-6-4-3-5-7-11/h3-7,10,12-14H,8-9,15H2,1-2H3/t12-,13+,14?/m0/s1. The van der Waals surface area contributed by atoms with Gasteiger partial charge in [0.2, 0.25) is 0 Å². The van der Waals surface area contributed by atoms with Gasteiger partial charge in [-0.25, -0.2) is 0 Å². The molecule has 0 aromatic heterocycles. The largest absolute Gasteiger partial charge is 0.330 e. The van der Waals surface area contributed by atoms with Gasteiger partial charge in [-0.15, -0.1) is 0 Å². The van der Waals surface area contributed by atoms with Crippen LogP contribution in [0.15, 0.2) is 30.3 Å². The minimum atomic E-state index is 0.708. The van der Waals surface area contributed by atoms with Gasteiger partial charge in [0.05, 0.1) is 0 Å². The van der Waals surface area contributed by atoms with E-state index in [0.29, 0.717) is 11.8 Å². The van der Waals surface area contributed by atoms with Crippen molar-refractivity contribution in [1.29, 1.82) is 0 Å². The highest BCUT2D eigenvalue weighted by Gasteiger charge is 2.43. The van der Waals surface area contributed by atoms with E-state index in [2.05, 4.69) is 44.2 Å².